The standard InChI is InChI=1S/C17H19NO3/c1-5-6-13(9-19)18-17(20)16-12(4)14-10(2)7-8-11(3)15(14)21-16/h1,7-8,13,19H,6,9H2,2-4H3,(H,18,20). The molecule has 0 fully saturated rings. The summed E-state index contributed by atoms with van der Waals surface area (Å²) in [5, 5.41) is 12.9. The van der Waals surface area contributed by atoms with E-state index in [0.29, 0.717) is 0 Å². The number of aryl methyl sites for hydroxylation is 3. The number of furan rings is 1. The van der Waals surface area contributed by atoms with E-state index in [1.165, 1.54) is 0 Å². The van der Waals surface area contributed by atoms with Gasteiger partial charge >= 0.3 is 0 Å². The van der Waals surface area contributed by atoms with Crippen molar-refractivity contribution < 1.29 is 14.3 Å². The van der Waals surface area contributed by atoms with Gasteiger partial charge in [0, 0.05) is 17.4 Å². The fourth-order valence-electron chi connectivity index (χ4n) is 2.45. The van der Waals surface area contributed by atoms with Gasteiger partial charge in [0.1, 0.15) is 5.58 Å². The molecule has 0 saturated heterocycles. The number of aliphatic hydroxyl groups excluding tert-OH is 1. The van der Waals surface area contributed by atoms with E-state index in [2.05, 4.69) is 11.2 Å². The van der Waals surface area contributed by atoms with E-state index >= 15 is 0 Å². The van der Waals surface area contributed by atoms with Gasteiger partial charge in [0.05, 0.1) is 12.6 Å². The van der Waals surface area contributed by atoms with Gasteiger partial charge in [-0.3, -0.25) is 4.79 Å². The Bertz CT molecular complexity index is 722. The molecule has 21 heavy (non-hydrogen) atoms. The maximum atomic E-state index is 12.3. The molecule has 1 atom stereocenters. The zero-order valence-electron chi connectivity index (χ0n) is 12.5. The van der Waals surface area contributed by atoms with Gasteiger partial charge in [-0.25, -0.2) is 0 Å². The lowest BCUT2D eigenvalue weighted by molar-refractivity contribution is 0.0891. The first-order valence-electron chi connectivity index (χ1n) is 6.84. The van der Waals surface area contributed by atoms with Crippen LogP contribution in [0.2, 0.25) is 0 Å². The van der Waals surface area contributed by atoms with Crippen LogP contribution in [0.5, 0.6) is 0 Å². The molecule has 4 nitrogen and oxygen atoms in total. The van der Waals surface area contributed by atoms with Crippen molar-refractivity contribution in [3.8, 4) is 12.3 Å². The number of amides is 1. The number of terminal acetylenes is 1. The molecule has 1 aromatic heterocycles. The molecule has 1 amide bonds. The molecule has 2 rings (SSSR count). The van der Waals surface area contributed by atoms with Gasteiger partial charge in [0.25, 0.3) is 5.91 Å². The van der Waals surface area contributed by atoms with Crippen LogP contribution in [0, 0.1) is 33.1 Å². The van der Waals surface area contributed by atoms with Crippen molar-refractivity contribution in [1.82, 2.24) is 5.32 Å². The summed E-state index contributed by atoms with van der Waals surface area (Å²) in [6.07, 6.45) is 5.49. The first-order chi connectivity index (χ1) is 9.99. The minimum Gasteiger partial charge on any atom is -0.450 e. The van der Waals surface area contributed by atoms with E-state index in [1.807, 2.05) is 32.9 Å². The molecule has 0 aliphatic carbocycles. The maximum Gasteiger partial charge on any atom is 0.287 e. The Morgan fingerprint density at radius 1 is 1.38 bits per heavy atom. The molecule has 1 unspecified atom stereocenters. The SMILES string of the molecule is C#CCC(CO)NC(=O)c1oc2c(C)ccc(C)c2c1C. The van der Waals surface area contributed by atoms with Gasteiger partial charge in [-0.05, 0) is 31.9 Å². The highest BCUT2D eigenvalue weighted by Gasteiger charge is 2.21. The molecular weight excluding hydrogens is 266 g/mol. The van der Waals surface area contributed by atoms with Crippen LogP contribution < -0.4 is 5.32 Å². The number of carbonyl (C=O) groups excluding carboxylic acids is 1. The molecule has 2 N–H and O–H groups in total. The largest absolute Gasteiger partial charge is 0.450 e. The second-order valence-corrected chi connectivity index (χ2v) is 5.22. The summed E-state index contributed by atoms with van der Waals surface area (Å²) < 4.78 is 5.75. The molecule has 0 radical (unpaired) electrons. The Balaban J connectivity index is 2.41. The zero-order valence-corrected chi connectivity index (χ0v) is 12.5. The molecule has 1 heterocycles. The number of aliphatic hydroxyl groups is 1. The third-order valence-electron chi connectivity index (χ3n) is 3.61. The van der Waals surface area contributed by atoms with Crippen LogP contribution in [0.3, 0.4) is 0 Å². The number of fused-ring (bicyclic) bond motifs is 1. The van der Waals surface area contributed by atoms with Crippen LogP contribution in [0.4, 0.5) is 0 Å². The summed E-state index contributed by atoms with van der Waals surface area (Å²) in [4.78, 5) is 12.3. The first kappa shape index (κ1) is 15.1. The van der Waals surface area contributed by atoms with Crippen molar-refractivity contribution >= 4 is 16.9 Å². The van der Waals surface area contributed by atoms with Crippen LogP contribution in [0.15, 0.2) is 16.5 Å². The summed E-state index contributed by atoms with van der Waals surface area (Å²) >= 11 is 0. The van der Waals surface area contributed by atoms with Crippen molar-refractivity contribution in [3.05, 3.63) is 34.6 Å². The number of hydrogen-bond donors (Lipinski definition) is 2. The van der Waals surface area contributed by atoms with Crippen LogP contribution >= 0.6 is 0 Å². The number of carbonyl (C=O) groups is 1. The van der Waals surface area contributed by atoms with E-state index in [4.69, 9.17) is 10.8 Å². The Morgan fingerprint density at radius 3 is 2.62 bits per heavy atom. The first-order valence-corrected chi connectivity index (χ1v) is 6.84. The van der Waals surface area contributed by atoms with Gasteiger partial charge in [-0.2, -0.15) is 0 Å². The Morgan fingerprint density at radius 2 is 2.05 bits per heavy atom. The molecule has 0 saturated carbocycles. The van der Waals surface area contributed by atoms with Crippen LogP contribution in [-0.4, -0.2) is 23.7 Å². The fourth-order valence-corrected chi connectivity index (χ4v) is 2.45. The molecule has 110 valence electrons. The Labute approximate surface area is 124 Å². The van der Waals surface area contributed by atoms with Crippen molar-refractivity contribution in [2.24, 2.45) is 0 Å². The lowest BCUT2D eigenvalue weighted by Gasteiger charge is -2.12. The van der Waals surface area contributed by atoms with Crippen molar-refractivity contribution in [3.63, 3.8) is 0 Å². The topological polar surface area (TPSA) is 62.5 Å². The van der Waals surface area contributed by atoms with Crippen LogP contribution in [-0.2, 0) is 0 Å². The molecule has 0 aliphatic heterocycles. The minimum absolute atomic E-state index is 0.201. The maximum absolute atomic E-state index is 12.3. The van der Waals surface area contributed by atoms with E-state index in [-0.39, 0.29) is 24.7 Å². The monoisotopic (exact) mass is 285 g/mol. The molecule has 0 spiro atoms. The normalized spacial score (nSPS) is 12.1. The third-order valence-corrected chi connectivity index (χ3v) is 3.61. The summed E-state index contributed by atoms with van der Waals surface area (Å²) in [7, 11) is 0. The molecule has 0 aliphatic rings. The van der Waals surface area contributed by atoms with Gasteiger partial charge in [0.15, 0.2) is 5.76 Å². The van der Waals surface area contributed by atoms with Crippen molar-refractivity contribution in [2.75, 3.05) is 6.61 Å². The summed E-state index contributed by atoms with van der Waals surface area (Å²) in [6, 6.07) is 3.52. The van der Waals surface area contributed by atoms with E-state index in [9.17, 15) is 9.90 Å². The zero-order chi connectivity index (χ0) is 15.6. The van der Waals surface area contributed by atoms with E-state index in [1.54, 1.807) is 0 Å². The number of benzene rings is 1. The quantitative estimate of drug-likeness (QED) is 0.848. The van der Waals surface area contributed by atoms with Crippen molar-refractivity contribution in [2.45, 2.75) is 33.2 Å². The predicted octanol–water partition coefficient (Wildman–Crippen LogP) is 2.47. The summed E-state index contributed by atoms with van der Waals surface area (Å²) in [5.41, 5.74) is 3.59. The van der Waals surface area contributed by atoms with E-state index < -0.39 is 6.04 Å². The van der Waals surface area contributed by atoms with Gasteiger partial charge in [-0.15, -0.1) is 12.3 Å². The Hall–Kier alpha value is -2.25. The summed E-state index contributed by atoms with van der Waals surface area (Å²) in [5.74, 6) is 2.36. The van der Waals surface area contributed by atoms with Crippen molar-refractivity contribution in [1.29, 1.82) is 0 Å². The Kier molecular flexibility index (Phi) is 4.35. The molecular formula is C17H19NO3. The lowest BCUT2D eigenvalue weighted by atomic mass is 10.0. The fraction of sp³-hybridized carbons (Fsp3) is 0.353. The smallest absolute Gasteiger partial charge is 0.287 e. The second-order valence-electron chi connectivity index (χ2n) is 5.22. The molecule has 2 aromatic rings. The lowest BCUT2D eigenvalue weighted by Crippen LogP contribution is -2.37. The molecule has 1 aromatic carbocycles. The number of nitrogens with one attached hydrogen (secondary N) is 1. The average Bonchev–Trinajstić information content (AvgIpc) is 2.81. The van der Waals surface area contributed by atoms with Gasteiger partial charge < -0.3 is 14.8 Å². The van der Waals surface area contributed by atoms with Gasteiger partial charge in [-0.1, -0.05) is 12.1 Å². The van der Waals surface area contributed by atoms with E-state index in [0.717, 1.165) is 27.7 Å². The summed E-state index contributed by atoms with van der Waals surface area (Å²) in [6.45, 7) is 5.59. The molecule has 0 bridgehead atoms. The average molecular weight is 285 g/mol. The molecule has 4 heteroatoms. The second kappa shape index (κ2) is 6.02. The predicted molar refractivity (Wildman–Crippen MR) is 82.2 cm³/mol. The number of hydrogen-bond acceptors (Lipinski definition) is 3. The highest BCUT2D eigenvalue weighted by molar-refractivity contribution is 6.00. The third kappa shape index (κ3) is 2.79. The highest BCUT2D eigenvalue weighted by Crippen LogP contribution is 2.30. The van der Waals surface area contributed by atoms with Crippen LogP contribution in [0.1, 0.15) is 33.7 Å². The minimum atomic E-state index is -0.461. The highest BCUT2D eigenvalue weighted by atomic mass is 16.3. The number of rotatable bonds is 4. The van der Waals surface area contributed by atoms with Crippen LogP contribution in [0.25, 0.3) is 11.0 Å². The van der Waals surface area contributed by atoms with Gasteiger partial charge in [0.2, 0.25) is 0 Å².